The van der Waals surface area contributed by atoms with Crippen LogP contribution in [0, 0.1) is 0 Å². The third kappa shape index (κ3) is 5.36. The van der Waals surface area contributed by atoms with Crippen LogP contribution in [0.15, 0.2) is 85.2 Å². The van der Waals surface area contributed by atoms with Crippen LogP contribution in [0.4, 0.5) is 16.2 Å². The first kappa shape index (κ1) is 22.5. The van der Waals surface area contributed by atoms with E-state index < -0.39 is 11.9 Å². The highest BCUT2D eigenvalue weighted by molar-refractivity contribution is 6.05. The van der Waals surface area contributed by atoms with Crippen LogP contribution < -0.4 is 16.4 Å². The Hall–Kier alpha value is -4.72. The number of phenols is 1. The molecule has 0 aliphatic rings. The molecule has 0 radical (unpaired) electrons. The van der Waals surface area contributed by atoms with E-state index in [1.165, 1.54) is 18.5 Å². The van der Waals surface area contributed by atoms with Crippen molar-refractivity contribution in [2.24, 2.45) is 5.73 Å². The summed E-state index contributed by atoms with van der Waals surface area (Å²) >= 11 is 0. The highest BCUT2D eigenvalue weighted by Crippen LogP contribution is 2.22. The van der Waals surface area contributed by atoms with Crippen molar-refractivity contribution >= 4 is 34.2 Å². The molecule has 170 valence electrons. The van der Waals surface area contributed by atoms with Gasteiger partial charge in [-0.05, 0) is 42.3 Å². The van der Waals surface area contributed by atoms with Gasteiger partial charge in [-0.15, -0.1) is 0 Å². The number of hydrogen-bond acceptors (Lipinski definition) is 5. The molecule has 1 aromatic heterocycles. The summed E-state index contributed by atoms with van der Waals surface area (Å²) in [6.45, 7) is 4.19. The molecule has 0 spiro atoms. The van der Waals surface area contributed by atoms with E-state index in [0.29, 0.717) is 35.3 Å². The molecule has 0 atom stereocenters. The molecule has 0 aliphatic heterocycles. The fourth-order valence-corrected chi connectivity index (χ4v) is 3.71. The molecule has 1 heterocycles. The molecule has 4 aromatic rings. The summed E-state index contributed by atoms with van der Waals surface area (Å²) in [7, 11) is 0. The van der Waals surface area contributed by atoms with Crippen molar-refractivity contribution in [3.63, 3.8) is 0 Å². The molecule has 34 heavy (non-hydrogen) atoms. The molecular weight excluding hydrogens is 430 g/mol. The van der Waals surface area contributed by atoms with Gasteiger partial charge in [0.15, 0.2) is 0 Å². The summed E-state index contributed by atoms with van der Waals surface area (Å²) in [4.78, 5) is 32.6. The predicted molar refractivity (Wildman–Crippen MR) is 132 cm³/mol. The van der Waals surface area contributed by atoms with E-state index in [2.05, 4.69) is 27.2 Å². The second kappa shape index (κ2) is 9.83. The molecule has 0 saturated heterocycles. The number of hydrogen-bond donors (Lipinski definition) is 4. The maximum atomic E-state index is 12.3. The first-order chi connectivity index (χ1) is 16.4. The Morgan fingerprint density at radius 2 is 1.62 bits per heavy atom. The SMILES string of the molecule is C=C(Cc1cccc(NC(=O)Nc2cccc(O)c2)c1)Cc1ncnc2c(C(N)=O)cccc12. The molecular formula is C26H23N5O3. The van der Waals surface area contributed by atoms with Crippen LogP contribution >= 0.6 is 0 Å². The van der Waals surface area contributed by atoms with Crippen LogP contribution in [0.25, 0.3) is 10.9 Å². The molecule has 4 rings (SSSR count). The van der Waals surface area contributed by atoms with Gasteiger partial charge in [0.1, 0.15) is 12.1 Å². The minimum atomic E-state index is -0.536. The van der Waals surface area contributed by atoms with Gasteiger partial charge in [-0.3, -0.25) is 4.79 Å². The number of anilines is 2. The second-order valence-corrected chi connectivity index (χ2v) is 7.82. The van der Waals surface area contributed by atoms with Crippen molar-refractivity contribution in [1.82, 2.24) is 9.97 Å². The van der Waals surface area contributed by atoms with Crippen LogP contribution in [0.3, 0.4) is 0 Å². The van der Waals surface area contributed by atoms with Crippen LogP contribution in [-0.4, -0.2) is 27.0 Å². The topological polar surface area (TPSA) is 130 Å². The van der Waals surface area contributed by atoms with E-state index in [9.17, 15) is 14.7 Å². The van der Waals surface area contributed by atoms with E-state index in [1.54, 1.807) is 30.3 Å². The summed E-state index contributed by atoms with van der Waals surface area (Å²) in [5, 5.41) is 15.8. The fourth-order valence-electron chi connectivity index (χ4n) is 3.71. The minimum absolute atomic E-state index is 0.0700. The molecule has 0 unspecified atom stereocenters. The lowest BCUT2D eigenvalue weighted by Gasteiger charge is -2.11. The van der Waals surface area contributed by atoms with E-state index in [-0.39, 0.29) is 5.75 Å². The summed E-state index contributed by atoms with van der Waals surface area (Å²) in [5.41, 5.74) is 10.1. The van der Waals surface area contributed by atoms with Gasteiger partial charge in [0, 0.05) is 29.2 Å². The number of nitrogens with zero attached hydrogens (tertiary/aromatic N) is 2. The Bertz CT molecular complexity index is 1400. The molecule has 0 saturated carbocycles. The van der Waals surface area contributed by atoms with Crippen LogP contribution in [-0.2, 0) is 12.8 Å². The Balaban J connectivity index is 1.43. The maximum absolute atomic E-state index is 12.3. The molecule has 0 bridgehead atoms. The summed E-state index contributed by atoms with van der Waals surface area (Å²) in [5.74, 6) is -0.466. The smallest absolute Gasteiger partial charge is 0.323 e. The number of carbonyl (C=O) groups excluding carboxylic acids is 2. The van der Waals surface area contributed by atoms with Crippen molar-refractivity contribution in [1.29, 1.82) is 0 Å². The third-order valence-electron chi connectivity index (χ3n) is 5.17. The zero-order valence-corrected chi connectivity index (χ0v) is 18.3. The minimum Gasteiger partial charge on any atom is -0.508 e. The Kier molecular flexibility index (Phi) is 6.49. The number of nitrogens with two attached hydrogens (primary N) is 1. The zero-order chi connectivity index (χ0) is 24.1. The molecule has 3 aromatic carbocycles. The highest BCUT2D eigenvalue weighted by Gasteiger charge is 2.12. The molecule has 8 heteroatoms. The second-order valence-electron chi connectivity index (χ2n) is 7.82. The Morgan fingerprint density at radius 3 is 2.35 bits per heavy atom. The van der Waals surface area contributed by atoms with Crippen molar-refractivity contribution in [2.45, 2.75) is 12.8 Å². The van der Waals surface area contributed by atoms with Gasteiger partial charge in [-0.25, -0.2) is 14.8 Å². The van der Waals surface area contributed by atoms with E-state index in [0.717, 1.165) is 22.2 Å². The number of rotatable bonds is 7. The van der Waals surface area contributed by atoms with Gasteiger partial charge in [0.2, 0.25) is 0 Å². The molecule has 5 N–H and O–H groups in total. The van der Waals surface area contributed by atoms with Gasteiger partial charge in [-0.1, -0.05) is 42.5 Å². The number of phenolic OH excluding ortho intramolecular Hbond substituents is 1. The number of nitrogens with one attached hydrogen (secondary N) is 2. The first-order valence-electron chi connectivity index (χ1n) is 10.5. The van der Waals surface area contributed by atoms with Crippen molar-refractivity contribution < 1.29 is 14.7 Å². The van der Waals surface area contributed by atoms with Gasteiger partial charge in [0.25, 0.3) is 5.91 Å². The normalized spacial score (nSPS) is 10.6. The monoisotopic (exact) mass is 453 g/mol. The first-order valence-corrected chi connectivity index (χ1v) is 10.5. The average Bonchev–Trinajstić information content (AvgIpc) is 2.79. The number of allylic oxidation sites excluding steroid dienone is 1. The fraction of sp³-hybridized carbons (Fsp3) is 0.0769. The number of primary amides is 1. The number of carbonyl (C=O) groups is 2. The van der Waals surface area contributed by atoms with Crippen LogP contribution in [0.2, 0.25) is 0 Å². The lowest BCUT2D eigenvalue weighted by atomic mass is 9.99. The maximum Gasteiger partial charge on any atom is 0.323 e. The molecule has 3 amide bonds. The number of urea groups is 1. The number of fused-ring (bicyclic) bond motifs is 1. The summed E-state index contributed by atoms with van der Waals surface area (Å²) in [6.07, 6.45) is 2.49. The summed E-state index contributed by atoms with van der Waals surface area (Å²) < 4.78 is 0. The number of aromatic nitrogens is 2. The molecule has 0 aliphatic carbocycles. The van der Waals surface area contributed by atoms with Gasteiger partial charge >= 0.3 is 6.03 Å². The van der Waals surface area contributed by atoms with Crippen molar-refractivity contribution in [2.75, 3.05) is 10.6 Å². The number of para-hydroxylation sites is 1. The van der Waals surface area contributed by atoms with Crippen LogP contribution in [0.1, 0.15) is 21.6 Å². The third-order valence-corrected chi connectivity index (χ3v) is 5.17. The lowest BCUT2D eigenvalue weighted by molar-refractivity contribution is 0.100. The lowest BCUT2D eigenvalue weighted by Crippen LogP contribution is -2.19. The average molecular weight is 454 g/mol. The van der Waals surface area contributed by atoms with E-state index in [1.807, 2.05) is 24.3 Å². The van der Waals surface area contributed by atoms with Gasteiger partial charge < -0.3 is 21.5 Å². The van der Waals surface area contributed by atoms with Crippen LogP contribution in [0.5, 0.6) is 5.75 Å². The number of amides is 3. The molecule has 0 fully saturated rings. The van der Waals surface area contributed by atoms with Crippen molar-refractivity contribution in [3.05, 3.63) is 102 Å². The quantitative estimate of drug-likeness (QED) is 0.308. The summed E-state index contributed by atoms with van der Waals surface area (Å²) in [6, 6.07) is 18.6. The standard InChI is InChI=1S/C26H23N5O3/c1-16(12-23-21-9-4-10-22(25(27)33)24(21)29-15-28-23)11-17-5-2-6-18(13-17)30-26(34)31-19-7-3-8-20(32)14-19/h2-10,13-15,32H,1,11-12H2,(H2,27,33)(H2,30,31,34). The number of benzene rings is 3. The highest BCUT2D eigenvalue weighted by atomic mass is 16.3. The van der Waals surface area contributed by atoms with Gasteiger partial charge in [-0.2, -0.15) is 0 Å². The van der Waals surface area contributed by atoms with E-state index >= 15 is 0 Å². The number of aromatic hydroxyl groups is 1. The van der Waals surface area contributed by atoms with Crippen molar-refractivity contribution in [3.8, 4) is 5.75 Å². The molecule has 8 nitrogen and oxygen atoms in total. The largest absolute Gasteiger partial charge is 0.508 e. The van der Waals surface area contributed by atoms with E-state index in [4.69, 9.17) is 5.73 Å². The van der Waals surface area contributed by atoms with Gasteiger partial charge in [0.05, 0.1) is 16.8 Å². The Labute approximate surface area is 196 Å². The predicted octanol–water partition coefficient (Wildman–Crippen LogP) is 4.42. The zero-order valence-electron chi connectivity index (χ0n) is 18.3. The Morgan fingerprint density at radius 1 is 0.912 bits per heavy atom.